The Kier molecular flexibility index (Phi) is 3.76. The number of nitrogens with zero attached hydrogens (tertiary/aromatic N) is 1. The van der Waals surface area contributed by atoms with Crippen LogP contribution in [0.25, 0.3) is 0 Å². The molecule has 2 fully saturated rings. The normalized spacial score (nSPS) is 32.8. The Labute approximate surface area is 105 Å². The summed E-state index contributed by atoms with van der Waals surface area (Å²) in [6, 6.07) is 0.403. The third-order valence-electron chi connectivity index (χ3n) is 4.35. The molecule has 2 rings (SSSR count). The van der Waals surface area contributed by atoms with E-state index in [0.717, 1.165) is 26.1 Å². The van der Waals surface area contributed by atoms with Gasteiger partial charge in [0.05, 0.1) is 0 Å². The number of hydrogen-bond acceptors (Lipinski definition) is 2. The summed E-state index contributed by atoms with van der Waals surface area (Å²) in [5.41, 5.74) is 0.321. The molecule has 1 amide bonds. The fourth-order valence-electron chi connectivity index (χ4n) is 3.03. The number of carbonyl (C=O) groups excluding carboxylic acids is 1. The largest absolute Gasteiger partial charge is 0.342 e. The highest BCUT2D eigenvalue weighted by Gasteiger charge is 2.33. The van der Waals surface area contributed by atoms with Gasteiger partial charge in [0.25, 0.3) is 0 Å². The van der Waals surface area contributed by atoms with Crippen LogP contribution in [-0.2, 0) is 4.79 Å². The molecule has 2 unspecified atom stereocenters. The van der Waals surface area contributed by atoms with Crippen molar-refractivity contribution in [2.75, 3.05) is 19.6 Å². The van der Waals surface area contributed by atoms with Crippen LogP contribution in [0.15, 0.2) is 0 Å². The first-order chi connectivity index (χ1) is 7.98. The van der Waals surface area contributed by atoms with Crippen LogP contribution in [0.5, 0.6) is 0 Å². The van der Waals surface area contributed by atoms with E-state index in [1.54, 1.807) is 0 Å². The summed E-state index contributed by atoms with van der Waals surface area (Å²) in [6.45, 7) is 9.73. The molecular formula is C14H26N2O. The first-order valence-corrected chi connectivity index (χ1v) is 6.99. The van der Waals surface area contributed by atoms with Gasteiger partial charge in [-0.3, -0.25) is 4.79 Å². The number of likely N-dealkylation sites (tertiary alicyclic amines) is 1. The molecule has 0 saturated carbocycles. The lowest BCUT2D eigenvalue weighted by Crippen LogP contribution is -2.44. The molecule has 3 heteroatoms. The van der Waals surface area contributed by atoms with E-state index in [-0.39, 0.29) is 0 Å². The van der Waals surface area contributed by atoms with E-state index in [9.17, 15) is 4.79 Å². The number of nitrogens with one attached hydrogen (secondary N) is 1. The van der Waals surface area contributed by atoms with E-state index < -0.39 is 0 Å². The highest BCUT2D eigenvalue weighted by atomic mass is 16.2. The molecule has 0 aromatic rings. The van der Waals surface area contributed by atoms with Crippen LogP contribution in [0.4, 0.5) is 0 Å². The van der Waals surface area contributed by atoms with Crippen LogP contribution in [-0.4, -0.2) is 36.5 Å². The van der Waals surface area contributed by atoms with E-state index in [0.29, 0.717) is 29.7 Å². The van der Waals surface area contributed by atoms with E-state index in [1.165, 1.54) is 12.8 Å². The van der Waals surface area contributed by atoms with Crippen LogP contribution >= 0.6 is 0 Å². The SMILES string of the molecule is CC1CCCNC1CC(=O)N1CCC(C)(C)C1. The molecule has 2 atom stereocenters. The van der Waals surface area contributed by atoms with Crippen LogP contribution in [0.2, 0.25) is 0 Å². The van der Waals surface area contributed by atoms with Crippen molar-refractivity contribution in [1.29, 1.82) is 0 Å². The van der Waals surface area contributed by atoms with E-state index in [2.05, 4.69) is 31.0 Å². The molecule has 2 heterocycles. The van der Waals surface area contributed by atoms with Crippen LogP contribution in [0, 0.1) is 11.3 Å². The topological polar surface area (TPSA) is 32.3 Å². The summed E-state index contributed by atoms with van der Waals surface area (Å²) in [5.74, 6) is 0.991. The van der Waals surface area contributed by atoms with Crippen molar-refractivity contribution >= 4 is 5.91 Å². The fraction of sp³-hybridized carbons (Fsp3) is 0.929. The molecule has 0 radical (unpaired) electrons. The van der Waals surface area contributed by atoms with Crippen molar-refractivity contribution < 1.29 is 4.79 Å². The average molecular weight is 238 g/mol. The highest BCUT2D eigenvalue weighted by Crippen LogP contribution is 2.29. The predicted molar refractivity (Wildman–Crippen MR) is 69.8 cm³/mol. The summed E-state index contributed by atoms with van der Waals surface area (Å²) in [5, 5.41) is 3.50. The monoisotopic (exact) mass is 238 g/mol. The average Bonchev–Trinajstić information content (AvgIpc) is 2.62. The van der Waals surface area contributed by atoms with Gasteiger partial charge in [0.1, 0.15) is 0 Å². The van der Waals surface area contributed by atoms with Crippen molar-refractivity contribution in [3.05, 3.63) is 0 Å². The van der Waals surface area contributed by atoms with Gasteiger partial charge in [0.15, 0.2) is 0 Å². The molecule has 0 bridgehead atoms. The molecule has 0 spiro atoms. The number of carbonyl (C=O) groups is 1. The van der Waals surface area contributed by atoms with Gasteiger partial charge in [-0.15, -0.1) is 0 Å². The lowest BCUT2D eigenvalue weighted by Gasteiger charge is -2.31. The molecule has 0 aromatic carbocycles. The molecule has 0 aliphatic carbocycles. The molecule has 2 saturated heterocycles. The molecule has 0 aromatic heterocycles. The second kappa shape index (κ2) is 4.97. The first kappa shape index (κ1) is 12.9. The van der Waals surface area contributed by atoms with Gasteiger partial charge in [-0.2, -0.15) is 0 Å². The Bertz CT molecular complexity index is 288. The van der Waals surface area contributed by atoms with Gasteiger partial charge in [-0.25, -0.2) is 0 Å². The van der Waals surface area contributed by atoms with Gasteiger partial charge >= 0.3 is 0 Å². The Morgan fingerprint density at radius 3 is 2.82 bits per heavy atom. The maximum Gasteiger partial charge on any atom is 0.224 e. The maximum atomic E-state index is 12.2. The maximum absolute atomic E-state index is 12.2. The Morgan fingerprint density at radius 2 is 2.24 bits per heavy atom. The highest BCUT2D eigenvalue weighted by molar-refractivity contribution is 5.77. The zero-order valence-corrected chi connectivity index (χ0v) is 11.5. The van der Waals surface area contributed by atoms with E-state index in [4.69, 9.17) is 0 Å². The Balaban J connectivity index is 1.84. The van der Waals surface area contributed by atoms with Crippen LogP contribution < -0.4 is 5.32 Å². The molecule has 2 aliphatic rings. The number of hydrogen-bond donors (Lipinski definition) is 1. The van der Waals surface area contributed by atoms with Crippen LogP contribution in [0.3, 0.4) is 0 Å². The first-order valence-electron chi connectivity index (χ1n) is 6.99. The summed E-state index contributed by atoms with van der Waals surface area (Å²) >= 11 is 0. The minimum absolute atomic E-state index is 0.321. The summed E-state index contributed by atoms with van der Waals surface area (Å²) in [7, 11) is 0. The molecule has 98 valence electrons. The minimum atomic E-state index is 0.321. The van der Waals surface area contributed by atoms with Crippen molar-refractivity contribution in [3.8, 4) is 0 Å². The molecule has 1 N–H and O–H groups in total. The third-order valence-corrected chi connectivity index (χ3v) is 4.35. The smallest absolute Gasteiger partial charge is 0.224 e. The number of amides is 1. The van der Waals surface area contributed by atoms with Gasteiger partial charge in [0.2, 0.25) is 5.91 Å². The molecule has 3 nitrogen and oxygen atoms in total. The van der Waals surface area contributed by atoms with Gasteiger partial charge in [-0.05, 0) is 37.1 Å². The Hall–Kier alpha value is -0.570. The molecule has 17 heavy (non-hydrogen) atoms. The zero-order valence-electron chi connectivity index (χ0n) is 11.5. The predicted octanol–water partition coefficient (Wildman–Crippen LogP) is 2.02. The molecular weight excluding hydrogens is 212 g/mol. The number of piperidine rings is 1. The molecule has 2 aliphatic heterocycles. The van der Waals surface area contributed by atoms with E-state index >= 15 is 0 Å². The zero-order chi connectivity index (χ0) is 12.5. The minimum Gasteiger partial charge on any atom is -0.342 e. The summed E-state index contributed by atoms with van der Waals surface area (Å²) < 4.78 is 0. The fourth-order valence-corrected chi connectivity index (χ4v) is 3.03. The van der Waals surface area contributed by atoms with E-state index in [1.807, 2.05) is 0 Å². The van der Waals surface area contributed by atoms with Gasteiger partial charge in [-0.1, -0.05) is 20.8 Å². The second-order valence-corrected chi connectivity index (χ2v) is 6.61. The van der Waals surface area contributed by atoms with Gasteiger partial charge < -0.3 is 10.2 Å². The number of rotatable bonds is 2. The summed E-state index contributed by atoms with van der Waals surface area (Å²) in [6.07, 6.45) is 4.35. The van der Waals surface area contributed by atoms with Gasteiger partial charge in [0, 0.05) is 25.6 Å². The quantitative estimate of drug-likeness (QED) is 0.798. The lowest BCUT2D eigenvalue weighted by molar-refractivity contribution is -0.131. The summed E-state index contributed by atoms with van der Waals surface area (Å²) in [4.78, 5) is 14.3. The van der Waals surface area contributed by atoms with Crippen molar-refractivity contribution in [3.63, 3.8) is 0 Å². The standard InChI is InChI=1S/C14H26N2O/c1-11-5-4-7-15-12(11)9-13(17)16-8-6-14(2,3)10-16/h11-12,15H,4-10H2,1-3H3. The Morgan fingerprint density at radius 1 is 1.47 bits per heavy atom. The third kappa shape index (κ3) is 3.21. The van der Waals surface area contributed by atoms with Crippen molar-refractivity contribution in [2.24, 2.45) is 11.3 Å². The second-order valence-electron chi connectivity index (χ2n) is 6.61. The lowest BCUT2D eigenvalue weighted by atomic mass is 9.90. The van der Waals surface area contributed by atoms with Crippen molar-refractivity contribution in [2.45, 2.75) is 52.5 Å². The van der Waals surface area contributed by atoms with Crippen LogP contribution in [0.1, 0.15) is 46.5 Å². The van der Waals surface area contributed by atoms with Crippen molar-refractivity contribution in [1.82, 2.24) is 10.2 Å².